The van der Waals surface area contributed by atoms with Gasteiger partial charge in [-0.2, -0.15) is 0 Å². The monoisotopic (exact) mass is 203 g/mol. The number of aliphatic carboxylic acids is 1. The van der Waals surface area contributed by atoms with Crippen LogP contribution in [0.3, 0.4) is 0 Å². The van der Waals surface area contributed by atoms with E-state index in [2.05, 4.69) is 0 Å². The first kappa shape index (κ1) is 10.8. The first-order chi connectivity index (χ1) is 6.54. The number of carbonyl (C=O) groups is 2. The number of hydrogen-bond donors (Lipinski definition) is 2. The van der Waals surface area contributed by atoms with Gasteiger partial charge in [0, 0.05) is 13.7 Å². The number of carboxylic acid groups (broad SMARTS) is 2. The molecular weight excluding hydrogens is 190 g/mol. The van der Waals surface area contributed by atoms with E-state index in [1.54, 1.807) is 0 Å². The Bertz CT molecular complexity index is 254. The van der Waals surface area contributed by atoms with Crippen molar-refractivity contribution in [2.45, 2.75) is 18.4 Å². The van der Waals surface area contributed by atoms with Crippen molar-refractivity contribution in [3.63, 3.8) is 0 Å². The Kier molecular flexibility index (Phi) is 2.95. The number of carboxylic acids is 1. The minimum atomic E-state index is -1.39. The quantitative estimate of drug-likeness (QED) is 0.685. The summed E-state index contributed by atoms with van der Waals surface area (Å²) in [6.07, 6.45) is -0.341. The molecule has 6 heteroatoms. The largest absolute Gasteiger partial charge is 0.479 e. The van der Waals surface area contributed by atoms with Crippen LogP contribution in [-0.2, 0) is 9.53 Å². The van der Waals surface area contributed by atoms with E-state index >= 15 is 0 Å². The van der Waals surface area contributed by atoms with Crippen molar-refractivity contribution < 1.29 is 24.5 Å². The molecule has 1 aliphatic rings. The molecular formula is C8H13NO5. The molecule has 0 saturated carbocycles. The van der Waals surface area contributed by atoms with Crippen molar-refractivity contribution in [3.05, 3.63) is 0 Å². The van der Waals surface area contributed by atoms with E-state index in [1.165, 1.54) is 7.11 Å². The lowest BCUT2D eigenvalue weighted by Crippen LogP contribution is -2.55. The maximum atomic E-state index is 11.0. The van der Waals surface area contributed by atoms with Gasteiger partial charge in [0.2, 0.25) is 0 Å². The Labute approximate surface area is 81.1 Å². The van der Waals surface area contributed by atoms with Crippen LogP contribution in [0.25, 0.3) is 0 Å². The molecule has 1 saturated heterocycles. The topological polar surface area (TPSA) is 87.1 Å². The molecule has 6 nitrogen and oxygen atoms in total. The summed E-state index contributed by atoms with van der Waals surface area (Å²) >= 11 is 0. The standard InChI is InChI=1S/C8H13NO5/c1-14-5-8(6(10)11)3-2-4-9(8)7(12)13/h2-5H2,1H3,(H,10,11)(H,12,13). The maximum absolute atomic E-state index is 11.0. The van der Waals surface area contributed by atoms with Crippen molar-refractivity contribution in [1.82, 2.24) is 4.90 Å². The van der Waals surface area contributed by atoms with Gasteiger partial charge in [-0.25, -0.2) is 9.59 Å². The highest BCUT2D eigenvalue weighted by Gasteiger charge is 2.50. The third kappa shape index (κ3) is 1.52. The third-order valence-corrected chi connectivity index (χ3v) is 2.50. The number of nitrogens with zero attached hydrogens (tertiary/aromatic N) is 1. The van der Waals surface area contributed by atoms with Crippen LogP contribution in [0.2, 0.25) is 0 Å². The Balaban J connectivity index is 2.95. The first-order valence-electron chi connectivity index (χ1n) is 4.27. The zero-order valence-electron chi connectivity index (χ0n) is 7.89. The van der Waals surface area contributed by atoms with Gasteiger partial charge >= 0.3 is 12.1 Å². The molecule has 0 radical (unpaired) electrons. The average Bonchev–Trinajstić information content (AvgIpc) is 2.50. The zero-order chi connectivity index (χ0) is 10.8. The molecule has 1 fully saturated rings. The van der Waals surface area contributed by atoms with Crippen molar-refractivity contribution >= 4 is 12.1 Å². The SMILES string of the molecule is COCC1(C(=O)O)CCCN1C(=O)O. The molecule has 1 rings (SSSR count). The van der Waals surface area contributed by atoms with E-state index in [0.717, 1.165) is 4.90 Å². The number of ether oxygens (including phenoxy) is 1. The molecule has 0 aliphatic carbocycles. The Hall–Kier alpha value is -1.30. The number of likely N-dealkylation sites (tertiary alicyclic amines) is 1. The van der Waals surface area contributed by atoms with E-state index in [4.69, 9.17) is 14.9 Å². The summed E-state index contributed by atoms with van der Waals surface area (Å²) in [7, 11) is 1.36. The van der Waals surface area contributed by atoms with E-state index in [0.29, 0.717) is 12.8 Å². The Morgan fingerprint density at radius 3 is 2.57 bits per heavy atom. The molecule has 0 spiro atoms. The summed E-state index contributed by atoms with van der Waals surface area (Å²) in [5.41, 5.74) is -1.39. The summed E-state index contributed by atoms with van der Waals surface area (Å²) in [5.74, 6) is -1.14. The summed E-state index contributed by atoms with van der Waals surface area (Å²) in [6.45, 7) is 0.152. The van der Waals surface area contributed by atoms with Gasteiger partial charge in [0.25, 0.3) is 0 Å². The molecule has 0 bridgehead atoms. The van der Waals surface area contributed by atoms with Crippen LogP contribution in [0, 0.1) is 0 Å². The Morgan fingerprint density at radius 1 is 1.50 bits per heavy atom. The van der Waals surface area contributed by atoms with E-state index < -0.39 is 17.6 Å². The normalized spacial score (nSPS) is 26.5. The van der Waals surface area contributed by atoms with E-state index in [-0.39, 0.29) is 13.2 Å². The second-order valence-electron chi connectivity index (χ2n) is 3.31. The summed E-state index contributed by atoms with van der Waals surface area (Å²) in [4.78, 5) is 22.8. The van der Waals surface area contributed by atoms with Crippen molar-refractivity contribution in [1.29, 1.82) is 0 Å². The number of hydrogen-bond acceptors (Lipinski definition) is 3. The minimum absolute atomic E-state index is 0.103. The molecule has 1 atom stereocenters. The number of methoxy groups -OCH3 is 1. The van der Waals surface area contributed by atoms with Crippen molar-refractivity contribution in [3.8, 4) is 0 Å². The third-order valence-electron chi connectivity index (χ3n) is 2.50. The van der Waals surface area contributed by atoms with Gasteiger partial charge in [-0.15, -0.1) is 0 Å². The van der Waals surface area contributed by atoms with Gasteiger partial charge < -0.3 is 14.9 Å². The lowest BCUT2D eigenvalue weighted by molar-refractivity contribution is -0.151. The fraction of sp³-hybridized carbons (Fsp3) is 0.750. The van der Waals surface area contributed by atoms with Crippen LogP contribution in [0.1, 0.15) is 12.8 Å². The molecule has 1 aliphatic heterocycles. The van der Waals surface area contributed by atoms with Crippen LogP contribution in [0.4, 0.5) is 4.79 Å². The molecule has 0 aromatic rings. The van der Waals surface area contributed by atoms with Gasteiger partial charge in [-0.1, -0.05) is 0 Å². The highest BCUT2D eigenvalue weighted by molar-refractivity contribution is 5.84. The molecule has 1 amide bonds. The van der Waals surface area contributed by atoms with Crippen molar-refractivity contribution in [2.75, 3.05) is 20.3 Å². The number of rotatable bonds is 3. The van der Waals surface area contributed by atoms with Gasteiger partial charge in [0.05, 0.1) is 6.61 Å². The predicted molar refractivity (Wildman–Crippen MR) is 46.2 cm³/mol. The second-order valence-corrected chi connectivity index (χ2v) is 3.31. The smallest absolute Gasteiger partial charge is 0.408 e. The number of amides is 1. The first-order valence-corrected chi connectivity index (χ1v) is 4.27. The summed E-state index contributed by atoms with van der Waals surface area (Å²) in [6, 6.07) is 0. The van der Waals surface area contributed by atoms with Crippen LogP contribution >= 0.6 is 0 Å². The minimum Gasteiger partial charge on any atom is -0.479 e. The van der Waals surface area contributed by atoms with Crippen molar-refractivity contribution in [2.24, 2.45) is 0 Å². The van der Waals surface area contributed by atoms with Crippen LogP contribution in [0.5, 0.6) is 0 Å². The molecule has 1 unspecified atom stereocenters. The molecule has 1 heterocycles. The van der Waals surface area contributed by atoms with Gasteiger partial charge in [-0.3, -0.25) is 4.90 Å². The summed E-state index contributed by atoms with van der Waals surface area (Å²) in [5, 5.41) is 17.9. The highest BCUT2D eigenvalue weighted by Crippen LogP contribution is 2.30. The summed E-state index contributed by atoms with van der Waals surface area (Å²) < 4.78 is 4.78. The molecule has 0 aromatic carbocycles. The fourth-order valence-electron chi connectivity index (χ4n) is 1.83. The van der Waals surface area contributed by atoms with Gasteiger partial charge in [0.15, 0.2) is 5.54 Å². The molecule has 0 aromatic heterocycles. The molecule has 2 N–H and O–H groups in total. The van der Waals surface area contributed by atoms with Crippen LogP contribution < -0.4 is 0 Å². The molecule has 14 heavy (non-hydrogen) atoms. The van der Waals surface area contributed by atoms with E-state index in [1.807, 2.05) is 0 Å². The fourth-order valence-corrected chi connectivity index (χ4v) is 1.83. The highest BCUT2D eigenvalue weighted by atomic mass is 16.5. The second kappa shape index (κ2) is 3.83. The van der Waals surface area contributed by atoms with E-state index in [9.17, 15) is 9.59 Å². The maximum Gasteiger partial charge on any atom is 0.408 e. The zero-order valence-corrected chi connectivity index (χ0v) is 7.89. The molecule has 80 valence electrons. The van der Waals surface area contributed by atoms with Crippen LogP contribution in [-0.4, -0.2) is 53.0 Å². The lowest BCUT2D eigenvalue weighted by Gasteiger charge is -2.31. The Morgan fingerprint density at radius 2 is 2.14 bits per heavy atom. The average molecular weight is 203 g/mol. The van der Waals surface area contributed by atoms with Gasteiger partial charge in [-0.05, 0) is 12.8 Å². The van der Waals surface area contributed by atoms with Gasteiger partial charge in [0.1, 0.15) is 0 Å². The van der Waals surface area contributed by atoms with Crippen LogP contribution in [0.15, 0.2) is 0 Å². The predicted octanol–water partition coefficient (Wildman–Crippen LogP) is 0.230. The lowest BCUT2D eigenvalue weighted by atomic mass is 9.98.